The zero-order valence-corrected chi connectivity index (χ0v) is 12.1. The first-order valence-electron chi connectivity index (χ1n) is 6.75. The first-order chi connectivity index (χ1) is 10.1. The largest absolute Gasteiger partial charge is 0.458 e. The Labute approximate surface area is 125 Å². The molecular formula is C15H13NO4S. The van der Waals surface area contributed by atoms with Gasteiger partial charge in [0.2, 0.25) is 0 Å². The van der Waals surface area contributed by atoms with E-state index in [0.29, 0.717) is 11.1 Å². The Hall–Kier alpha value is -2.08. The van der Waals surface area contributed by atoms with Crippen LogP contribution in [0.5, 0.6) is 0 Å². The predicted molar refractivity (Wildman–Crippen MR) is 75.2 cm³/mol. The van der Waals surface area contributed by atoms with Gasteiger partial charge in [-0.05, 0) is 30.4 Å². The number of carbonyl (C=O) groups excluding carboxylic acids is 2. The molecule has 0 spiro atoms. The first-order valence-corrected chi connectivity index (χ1v) is 7.63. The Bertz CT molecular complexity index is 702. The second kappa shape index (κ2) is 4.46. The molecule has 108 valence electrons. The third kappa shape index (κ3) is 1.90. The van der Waals surface area contributed by atoms with Crippen molar-refractivity contribution in [2.45, 2.75) is 25.7 Å². The fraction of sp³-hybridized carbons (Fsp3) is 0.333. The average molecular weight is 303 g/mol. The molecule has 5 nitrogen and oxygen atoms in total. The van der Waals surface area contributed by atoms with Gasteiger partial charge in [0, 0.05) is 22.4 Å². The Balaban J connectivity index is 1.54. The summed E-state index contributed by atoms with van der Waals surface area (Å²) < 4.78 is 10.4. The topological polar surface area (TPSA) is 64.6 Å². The van der Waals surface area contributed by atoms with E-state index in [9.17, 15) is 9.59 Å². The fourth-order valence-electron chi connectivity index (χ4n) is 3.04. The molecule has 0 aromatic carbocycles. The van der Waals surface area contributed by atoms with E-state index in [1.165, 1.54) is 16.7 Å². The summed E-state index contributed by atoms with van der Waals surface area (Å²) in [4.78, 5) is 24.7. The molecule has 1 aliphatic carbocycles. The van der Waals surface area contributed by atoms with Gasteiger partial charge in [-0.25, -0.2) is 4.79 Å². The van der Waals surface area contributed by atoms with Crippen molar-refractivity contribution in [1.82, 2.24) is 5.32 Å². The third-order valence-corrected chi connectivity index (χ3v) is 5.09. The van der Waals surface area contributed by atoms with Crippen molar-refractivity contribution in [1.29, 1.82) is 0 Å². The van der Waals surface area contributed by atoms with Gasteiger partial charge in [-0.2, -0.15) is 0 Å². The molecule has 1 saturated heterocycles. The molecule has 1 amide bonds. The van der Waals surface area contributed by atoms with E-state index >= 15 is 0 Å². The minimum atomic E-state index is -0.729. The van der Waals surface area contributed by atoms with Crippen LogP contribution in [0.4, 0.5) is 0 Å². The molecule has 4 rings (SSSR count). The summed E-state index contributed by atoms with van der Waals surface area (Å²) in [5.74, 6) is -0.371. The molecule has 1 aromatic heterocycles. The first kappa shape index (κ1) is 12.6. The van der Waals surface area contributed by atoms with E-state index in [-0.39, 0.29) is 23.8 Å². The van der Waals surface area contributed by atoms with Gasteiger partial charge in [0.05, 0.1) is 17.9 Å². The molecule has 0 saturated carbocycles. The van der Waals surface area contributed by atoms with Crippen molar-refractivity contribution in [2.75, 3.05) is 0 Å². The lowest BCUT2D eigenvalue weighted by Crippen LogP contribution is -2.18. The van der Waals surface area contributed by atoms with Gasteiger partial charge in [-0.15, -0.1) is 11.3 Å². The summed E-state index contributed by atoms with van der Waals surface area (Å²) in [7, 11) is 0. The number of esters is 1. The lowest BCUT2D eigenvalue weighted by molar-refractivity contribution is -0.152. The van der Waals surface area contributed by atoms with Gasteiger partial charge >= 0.3 is 5.97 Å². The lowest BCUT2D eigenvalue weighted by atomic mass is 9.98. The second-order valence-corrected chi connectivity index (χ2v) is 6.39. The Morgan fingerprint density at radius 2 is 2.33 bits per heavy atom. The molecular weight excluding hydrogens is 290 g/mol. The summed E-state index contributed by atoms with van der Waals surface area (Å²) in [6.45, 7) is 1.67. The van der Waals surface area contributed by atoms with Crippen LogP contribution in [0, 0.1) is 5.92 Å². The normalized spacial score (nSPS) is 31.8. The minimum Gasteiger partial charge on any atom is -0.458 e. The quantitative estimate of drug-likeness (QED) is 0.514. The highest BCUT2D eigenvalue weighted by Crippen LogP contribution is 2.46. The summed E-state index contributed by atoms with van der Waals surface area (Å²) >= 11 is 1.72. The average Bonchev–Trinajstić information content (AvgIpc) is 3.13. The van der Waals surface area contributed by atoms with E-state index in [2.05, 4.69) is 16.8 Å². The van der Waals surface area contributed by atoms with Crippen molar-refractivity contribution in [3.63, 3.8) is 0 Å². The molecule has 3 heterocycles. The van der Waals surface area contributed by atoms with Crippen LogP contribution in [0.25, 0.3) is 0 Å². The van der Waals surface area contributed by atoms with Crippen molar-refractivity contribution in [3.8, 4) is 0 Å². The van der Waals surface area contributed by atoms with Gasteiger partial charge in [0.25, 0.3) is 12.2 Å². The molecule has 3 atom stereocenters. The van der Waals surface area contributed by atoms with Gasteiger partial charge < -0.3 is 14.8 Å². The maximum Gasteiger partial charge on any atom is 0.336 e. The van der Waals surface area contributed by atoms with E-state index in [1.54, 1.807) is 24.3 Å². The number of amides is 1. The molecule has 2 aliphatic heterocycles. The lowest BCUT2D eigenvalue weighted by Gasteiger charge is -2.11. The third-order valence-electron chi connectivity index (χ3n) is 4.13. The van der Waals surface area contributed by atoms with Crippen LogP contribution in [-0.2, 0) is 25.5 Å². The van der Waals surface area contributed by atoms with Crippen LogP contribution >= 0.6 is 11.3 Å². The molecule has 0 bridgehead atoms. The maximum absolute atomic E-state index is 12.1. The number of cyclic esters (lactones) is 1. The van der Waals surface area contributed by atoms with Crippen LogP contribution in [0.2, 0.25) is 0 Å². The summed E-state index contributed by atoms with van der Waals surface area (Å²) in [5, 5.41) is 5.05. The van der Waals surface area contributed by atoms with Crippen molar-refractivity contribution in [3.05, 3.63) is 45.4 Å². The standard InChI is InChI=1S/C15H13NO4S/c1-7-4-12(20-15(7)18)19-6-10-9-5-11-8(2-3-21-11)13(9)16-14(10)17/h2-4,6,9,12-13H,5H2,1H3,(H,16,17)/b10-6+/t9?,12-,13?/m1/s1. The highest BCUT2D eigenvalue weighted by Gasteiger charge is 2.44. The summed E-state index contributed by atoms with van der Waals surface area (Å²) in [6, 6.07) is 2.12. The van der Waals surface area contributed by atoms with Gasteiger partial charge in [-0.1, -0.05) is 0 Å². The molecule has 6 heteroatoms. The van der Waals surface area contributed by atoms with Gasteiger partial charge in [0.15, 0.2) is 0 Å². The number of ether oxygens (including phenoxy) is 2. The molecule has 1 N–H and O–H groups in total. The van der Waals surface area contributed by atoms with Crippen molar-refractivity contribution >= 4 is 23.2 Å². The molecule has 3 aliphatic rings. The van der Waals surface area contributed by atoms with Gasteiger partial charge in [-0.3, -0.25) is 4.79 Å². The Kier molecular flexibility index (Phi) is 2.68. The number of rotatable bonds is 2. The minimum absolute atomic E-state index is 0.0528. The van der Waals surface area contributed by atoms with Crippen molar-refractivity contribution < 1.29 is 19.1 Å². The zero-order chi connectivity index (χ0) is 14.6. The zero-order valence-electron chi connectivity index (χ0n) is 11.3. The molecule has 2 unspecified atom stereocenters. The van der Waals surface area contributed by atoms with E-state index < -0.39 is 6.29 Å². The number of hydrogen-bond acceptors (Lipinski definition) is 5. The number of nitrogens with one attached hydrogen (secondary N) is 1. The van der Waals surface area contributed by atoms with Crippen LogP contribution < -0.4 is 5.32 Å². The highest BCUT2D eigenvalue weighted by atomic mass is 32.1. The number of thiophene rings is 1. The molecule has 1 fully saturated rings. The van der Waals surface area contributed by atoms with Crippen LogP contribution in [0.1, 0.15) is 23.4 Å². The molecule has 21 heavy (non-hydrogen) atoms. The van der Waals surface area contributed by atoms with E-state index in [1.807, 2.05) is 0 Å². The van der Waals surface area contributed by atoms with Crippen LogP contribution in [0.15, 0.2) is 34.9 Å². The number of carbonyl (C=O) groups is 2. The fourth-order valence-corrected chi connectivity index (χ4v) is 4.03. The maximum atomic E-state index is 12.1. The summed E-state index contributed by atoms with van der Waals surface area (Å²) in [5.41, 5.74) is 2.36. The Morgan fingerprint density at radius 1 is 1.48 bits per heavy atom. The van der Waals surface area contributed by atoms with Crippen molar-refractivity contribution in [2.24, 2.45) is 5.92 Å². The predicted octanol–water partition coefficient (Wildman–Crippen LogP) is 1.82. The number of fused-ring (bicyclic) bond motifs is 3. The van der Waals surface area contributed by atoms with Crippen LogP contribution in [-0.4, -0.2) is 18.2 Å². The Morgan fingerprint density at radius 3 is 3.10 bits per heavy atom. The SMILES string of the molecule is CC1=C[C@H](O/C=C2/C(=O)NC3c4ccsc4CC23)OC1=O. The summed E-state index contributed by atoms with van der Waals surface area (Å²) in [6.07, 6.45) is 3.18. The monoisotopic (exact) mass is 303 g/mol. The number of hydrogen-bond donors (Lipinski definition) is 1. The molecule has 0 radical (unpaired) electrons. The highest BCUT2D eigenvalue weighted by molar-refractivity contribution is 7.10. The molecule has 1 aromatic rings. The second-order valence-electron chi connectivity index (χ2n) is 5.39. The smallest absolute Gasteiger partial charge is 0.336 e. The van der Waals surface area contributed by atoms with Crippen LogP contribution in [0.3, 0.4) is 0 Å². The van der Waals surface area contributed by atoms with Gasteiger partial charge in [0.1, 0.15) is 0 Å². The van der Waals surface area contributed by atoms with E-state index in [0.717, 1.165) is 6.42 Å². The van der Waals surface area contributed by atoms with E-state index in [4.69, 9.17) is 9.47 Å².